The zero-order chi connectivity index (χ0) is 7.56. The molecule has 0 bridgehead atoms. The maximum absolute atomic E-state index is 5.83. The van der Waals surface area contributed by atoms with Crippen LogP contribution in [0.2, 0.25) is 0 Å². The molecule has 1 heteroatoms. The fraction of sp³-hybridized carbons (Fsp3) is 0.333. The Labute approximate surface area is 66.9 Å². The van der Waals surface area contributed by atoms with Crippen LogP contribution in [0, 0.1) is 0 Å². The van der Waals surface area contributed by atoms with Crippen LogP contribution in [0.3, 0.4) is 0 Å². The van der Waals surface area contributed by atoms with Gasteiger partial charge in [0, 0.05) is 5.03 Å². The van der Waals surface area contributed by atoms with E-state index in [2.05, 4.69) is 19.9 Å². The Morgan fingerprint density at radius 2 is 1.90 bits per heavy atom. The van der Waals surface area contributed by atoms with E-state index in [1.54, 1.807) is 0 Å². The minimum absolute atomic E-state index is 0.852. The number of rotatable bonds is 0. The molecule has 0 spiro atoms. The van der Waals surface area contributed by atoms with Gasteiger partial charge in [0.1, 0.15) is 0 Å². The molecule has 0 unspecified atom stereocenters. The van der Waals surface area contributed by atoms with E-state index in [0.717, 1.165) is 11.5 Å². The molecule has 1 aliphatic carbocycles. The zero-order valence-corrected chi connectivity index (χ0v) is 7.07. The summed E-state index contributed by atoms with van der Waals surface area (Å²) in [4.78, 5) is 0. The third-order valence-corrected chi connectivity index (χ3v) is 1.98. The van der Waals surface area contributed by atoms with E-state index in [9.17, 15) is 0 Å². The minimum atomic E-state index is 0.852. The lowest BCUT2D eigenvalue weighted by atomic mass is 10.1. The summed E-state index contributed by atoms with van der Waals surface area (Å²) < 4.78 is 0. The van der Waals surface area contributed by atoms with E-state index in [-0.39, 0.29) is 0 Å². The first-order valence-corrected chi connectivity index (χ1v) is 3.79. The largest absolute Gasteiger partial charge is 0.0847 e. The molecule has 54 valence electrons. The first-order chi connectivity index (χ1) is 4.70. The average molecular weight is 155 g/mol. The van der Waals surface area contributed by atoms with Crippen LogP contribution in [0.1, 0.15) is 20.3 Å². The molecule has 0 fully saturated rings. The first kappa shape index (κ1) is 7.62. The molecule has 1 rings (SSSR count). The first-order valence-electron chi connectivity index (χ1n) is 3.41. The van der Waals surface area contributed by atoms with Crippen molar-refractivity contribution in [2.45, 2.75) is 20.3 Å². The lowest BCUT2D eigenvalue weighted by molar-refractivity contribution is 1.29. The Bertz CT molecular complexity index is 219. The summed E-state index contributed by atoms with van der Waals surface area (Å²) in [5.74, 6) is 0. The summed E-state index contributed by atoms with van der Waals surface area (Å²) in [7, 11) is 0. The summed E-state index contributed by atoms with van der Waals surface area (Å²) in [6, 6.07) is 0. The van der Waals surface area contributed by atoms with Crippen LogP contribution >= 0.6 is 11.6 Å². The van der Waals surface area contributed by atoms with E-state index in [1.165, 1.54) is 11.1 Å². The predicted molar refractivity (Wildman–Crippen MR) is 46.1 cm³/mol. The van der Waals surface area contributed by atoms with Gasteiger partial charge in [-0.2, -0.15) is 0 Å². The Morgan fingerprint density at radius 3 is 2.60 bits per heavy atom. The molecule has 0 nitrogen and oxygen atoms in total. The predicted octanol–water partition coefficient (Wildman–Crippen LogP) is 3.41. The molecule has 0 amide bonds. The van der Waals surface area contributed by atoms with Crippen LogP contribution < -0.4 is 0 Å². The van der Waals surface area contributed by atoms with Gasteiger partial charge in [-0.1, -0.05) is 29.3 Å². The molecule has 0 aromatic carbocycles. The maximum Gasteiger partial charge on any atom is 0.0371 e. The fourth-order valence-corrected chi connectivity index (χ4v) is 1.14. The zero-order valence-electron chi connectivity index (χ0n) is 6.32. The Morgan fingerprint density at radius 1 is 1.20 bits per heavy atom. The molecular formula is C9H11Cl. The van der Waals surface area contributed by atoms with E-state index in [4.69, 9.17) is 11.6 Å². The van der Waals surface area contributed by atoms with Gasteiger partial charge in [-0.25, -0.2) is 0 Å². The van der Waals surface area contributed by atoms with Gasteiger partial charge in [-0.05, 0) is 31.9 Å². The smallest absolute Gasteiger partial charge is 0.0371 e. The van der Waals surface area contributed by atoms with Crippen molar-refractivity contribution >= 4 is 11.6 Å². The highest BCUT2D eigenvalue weighted by molar-refractivity contribution is 6.31. The summed E-state index contributed by atoms with van der Waals surface area (Å²) in [5, 5.41) is 0.852. The van der Waals surface area contributed by atoms with Crippen LogP contribution in [0.4, 0.5) is 0 Å². The van der Waals surface area contributed by atoms with Gasteiger partial charge in [-0.3, -0.25) is 0 Å². The molecular weight excluding hydrogens is 144 g/mol. The SMILES string of the molecule is CC1=CCC=C(Cl)C=C1C. The molecule has 0 N–H and O–H groups in total. The van der Waals surface area contributed by atoms with Crippen molar-refractivity contribution in [3.05, 3.63) is 34.4 Å². The van der Waals surface area contributed by atoms with Crippen LogP contribution in [0.25, 0.3) is 0 Å². The van der Waals surface area contributed by atoms with Crippen molar-refractivity contribution < 1.29 is 0 Å². The Hall–Kier alpha value is -0.490. The second-order valence-electron chi connectivity index (χ2n) is 2.54. The topological polar surface area (TPSA) is 0 Å². The molecule has 1 aliphatic rings. The molecule has 0 heterocycles. The number of hydrogen-bond donors (Lipinski definition) is 0. The number of allylic oxidation sites excluding steroid dienone is 6. The van der Waals surface area contributed by atoms with Crippen LogP contribution in [0.15, 0.2) is 34.4 Å². The molecule has 0 atom stereocenters. The Kier molecular flexibility index (Phi) is 2.34. The molecule has 0 saturated carbocycles. The molecule has 0 aliphatic heterocycles. The molecule has 10 heavy (non-hydrogen) atoms. The summed E-state index contributed by atoms with van der Waals surface area (Å²) in [6.07, 6.45) is 7.15. The van der Waals surface area contributed by atoms with Crippen LogP contribution in [-0.2, 0) is 0 Å². The van der Waals surface area contributed by atoms with Gasteiger partial charge in [0.25, 0.3) is 0 Å². The van der Waals surface area contributed by atoms with Gasteiger partial charge in [0.05, 0.1) is 0 Å². The van der Waals surface area contributed by atoms with Crippen molar-refractivity contribution in [2.24, 2.45) is 0 Å². The number of halogens is 1. The van der Waals surface area contributed by atoms with Crippen molar-refractivity contribution in [1.82, 2.24) is 0 Å². The quantitative estimate of drug-likeness (QED) is 0.502. The lowest BCUT2D eigenvalue weighted by Crippen LogP contribution is -1.75. The monoisotopic (exact) mass is 154 g/mol. The normalized spacial score (nSPS) is 18.9. The van der Waals surface area contributed by atoms with Crippen molar-refractivity contribution in [2.75, 3.05) is 0 Å². The third kappa shape index (κ3) is 1.74. The Balaban J connectivity index is 2.92. The standard InChI is InChI=1S/C9H11Cl/c1-7-4-3-5-9(10)6-8(7)2/h4-6H,3H2,1-2H3. The highest BCUT2D eigenvalue weighted by atomic mass is 35.5. The van der Waals surface area contributed by atoms with Crippen molar-refractivity contribution in [3.8, 4) is 0 Å². The van der Waals surface area contributed by atoms with Gasteiger partial charge >= 0.3 is 0 Å². The molecule has 0 radical (unpaired) electrons. The van der Waals surface area contributed by atoms with Gasteiger partial charge in [-0.15, -0.1) is 0 Å². The van der Waals surface area contributed by atoms with E-state index in [1.807, 2.05) is 12.2 Å². The fourth-order valence-electron chi connectivity index (χ4n) is 0.889. The second kappa shape index (κ2) is 3.07. The van der Waals surface area contributed by atoms with Gasteiger partial charge in [0.2, 0.25) is 0 Å². The molecule has 0 aromatic heterocycles. The van der Waals surface area contributed by atoms with Gasteiger partial charge < -0.3 is 0 Å². The van der Waals surface area contributed by atoms with E-state index in [0.29, 0.717) is 0 Å². The van der Waals surface area contributed by atoms with Crippen LogP contribution in [-0.4, -0.2) is 0 Å². The van der Waals surface area contributed by atoms with E-state index < -0.39 is 0 Å². The number of hydrogen-bond acceptors (Lipinski definition) is 0. The van der Waals surface area contributed by atoms with E-state index >= 15 is 0 Å². The van der Waals surface area contributed by atoms with Crippen molar-refractivity contribution in [1.29, 1.82) is 0 Å². The van der Waals surface area contributed by atoms with Gasteiger partial charge in [0.15, 0.2) is 0 Å². The summed E-state index contributed by atoms with van der Waals surface area (Å²) in [5.41, 5.74) is 2.59. The third-order valence-electron chi connectivity index (χ3n) is 1.71. The molecule has 0 saturated heterocycles. The summed E-state index contributed by atoms with van der Waals surface area (Å²) in [6.45, 7) is 4.18. The summed E-state index contributed by atoms with van der Waals surface area (Å²) >= 11 is 5.83. The average Bonchev–Trinajstić information content (AvgIpc) is 1.96. The maximum atomic E-state index is 5.83. The second-order valence-corrected chi connectivity index (χ2v) is 2.98. The highest BCUT2D eigenvalue weighted by Crippen LogP contribution is 2.18. The highest BCUT2D eigenvalue weighted by Gasteiger charge is 1.97. The minimum Gasteiger partial charge on any atom is -0.0847 e. The molecule has 0 aromatic rings. The van der Waals surface area contributed by atoms with Crippen molar-refractivity contribution in [3.63, 3.8) is 0 Å². The lowest BCUT2D eigenvalue weighted by Gasteiger charge is -1.96. The van der Waals surface area contributed by atoms with Crippen LogP contribution in [0.5, 0.6) is 0 Å².